The van der Waals surface area contributed by atoms with E-state index in [1.54, 1.807) is 26.0 Å². The quantitative estimate of drug-likeness (QED) is 0.540. The van der Waals surface area contributed by atoms with Crippen LogP contribution in [0.5, 0.6) is 0 Å². The molecule has 0 bridgehead atoms. The van der Waals surface area contributed by atoms with Crippen LogP contribution in [0.4, 0.5) is 11.4 Å². The van der Waals surface area contributed by atoms with Crippen molar-refractivity contribution in [2.75, 3.05) is 5.32 Å². The molecule has 7 nitrogen and oxygen atoms in total. The summed E-state index contributed by atoms with van der Waals surface area (Å²) in [5, 5.41) is 15.0. The Morgan fingerprint density at radius 1 is 1.12 bits per heavy atom. The van der Waals surface area contributed by atoms with Gasteiger partial charge in [-0.1, -0.05) is 29.8 Å². The zero-order valence-electron chi connectivity index (χ0n) is 14.6. The van der Waals surface area contributed by atoms with Crippen molar-refractivity contribution >= 4 is 33.0 Å². The fraction of sp³-hybridized carbons (Fsp3) is 0.294. The van der Waals surface area contributed by atoms with Gasteiger partial charge in [-0.2, -0.15) is 0 Å². The van der Waals surface area contributed by atoms with Gasteiger partial charge in [-0.25, -0.2) is 13.1 Å². The first-order valence-corrected chi connectivity index (χ1v) is 9.79. The van der Waals surface area contributed by atoms with Crippen LogP contribution in [0.2, 0.25) is 5.02 Å². The second-order valence-electron chi connectivity index (χ2n) is 6.10. The Morgan fingerprint density at radius 3 is 2.35 bits per heavy atom. The Bertz CT molecular complexity index is 916. The van der Waals surface area contributed by atoms with Crippen molar-refractivity contribution < 1.29 is 13.3 Å². The minimum absolute atomic E-state index is 0.158. The molecule has 0 unspecified atom stereocenters. The highest BCUT2D eigenvalue weighted by molar-refractivity contribution is 7.89. The molecule has 0 radical (unpaired) electrons. The molecule has 2 aromatic carbocycles. The molecule has 140 valence electrons. The Morgan fingerprint density at radius 2 is 1.77 bits per heavy atom. The smallest absolute Gasteiger partial charge is 0.293 e. The maximum Gasteiger partial charge on any atom is 0.293 e. The van der Waals surface area contributed by atoms with Gasteiger partial charge in [-0.3, -0.25) is 10.1 Å². The third-order valence-corrected chi connectivity index (χ3v) is 5.61. The number of nitrogens with zero attached hydrogens (tertiary/aromatic N) is 1. The highest BCUT2D eigenvalue weighted by Crippen LogP contribution is 2.32. The largest absolute Gasteiger partial charge is 0.373 e. The number of nitrogens with one attached hydrogen (secondary N) is 2. The number of benzene rings is 2. The normalized spacial score (nSPS) is 12.8. The van der Waals surface area contributed by atoms with Crippen molar-refractivity contribution in [3.63, 3.8) is 0 Å². The number of hydrogen-bond donors (Lipinski definition) is 2. The van der Waals surface area contributed by atoms with Crippen LogP contribution in [0.15, 0.2) is 47.4 Å². The molecule has 0 aromatic heterocycles. The van der Waals surface area contributed by atoms with Crippen LogP contribution in [-0.2, 0) is 10.0 Å². The third-order valence-electron chi connectivity index (χ3n) is 3.61. The molecule has 26 heavy (non-hydrogen) atoms. The van der Waals surface area contributed by atoms with E-state index >= 15 is 0 Å². The zero-order chi connectivity index (χ0) is 19.5. The van der Waals surface area contributed by atoms with E-state index in [-0.39, 0.29) is 28.4 Å². The van der Waals surface area contributed by atoms with Crippen molar-refractivity contribution in [3.05, 3.63) is 63.2 Å². The van der Waals surface area contributed by atoms with Crippen molar-refractivity contribution in [1.29, 1.82) is 0 Å². The van der Waals surface area contributed by atoms with E-state index in [1.807, 2.05) is 19.1 Å². The van der Waals surface area contributed by atoms with Gasteiger partial charge in [0.15, 0.2) is 0 Å². The standard InChI is InChI=1S/C17H20ClN3O4S/c1-11(2)20-26(24,25)13-8-9-16(17(10-13)21(22)23)19-12(3)14-6-4-5-7-15(14)18/h4-12,19-20H,1-3H3/t12-/m1/s1. The minimum atomic E-state index is -3.82. The van der Waals surface area contributed by atoms with Crippen LogP contribution in [0, 0.1) is 10.1 Å². The molecule has 0 saturated heterocycles. The molecule has 0 amide bonds. The van der Waals surface area contributed by atoms with Gasteiger partial charge in [0.25, 0.3) is 5.69 Å². The van der Waals surface area contributed by atoms with Gasteiger partial charge in [0.2, 0.25) is 10.0 Å². The average Bonchev–Trinajstić information content (AvgIpc) is 2.53. The summed E-state index contributed by atoms with van der Waals surface area (Å²) >= 11 is 6.16. The fourth-order valence-electron chi connectivity index (χ4n) is 2.47. The number of rotatable bonds is 7. The lowest BCUT2D eigenvalue weighted by atomic mass is 10.1. The molecule has 0 aliphatic carbocycles. The van der Waals surface area contributed by atoms with Crippen LogP contribution in [0.25, 0.3) is 0 Å². The zero-order valence-corrected chi connectivity index (χ0v) is 16.1. The van der Waals surface area contributed by atoms with Crippen molar-refractivity contribution in [1.82, 2.24) is 4.72 Å². The highest BCUT2D eigenvalue weighted by atomic mass is 35.5. The van der Waals surface area contributed by atoms with Crippen LogP contribution in [-0.4, -0.2) is 19.4 Å². The summed E-state index contributed by atoms with van der Waals surface area (Å²) in [6, 6.07) is 10.3. The summed E-state index contributed by atoms with van der Waals surface area (Å²) < 4.78 is 26.9. The number of nitro benzene ring substituents is 1. The summed E-state index contributed by atoms with van der Waals surface area (Å²) in [7, 11) is -3.82. The van der Waals surface area contributed by atoms with E-state index < -0.39 is 14.9 Å². The van der Waals surface area contributed by atoms with Gasteiger partial charge >= 0.3 is 0 Å². The predicted molar refractivity (Wildman–Crippen MR) is 102 cm³/mol. The fourth-order valence-corrected chi connectivity index (χ4v) is 4.04. The SMILES string of the molecule is CC(C)NS(=O)(=O)c1ccc(N[C@H](C)c2ccccc2Cl)c([N+](=O)[O-])c1. The molecular formula is C17H20ClN3O4S. The van der Waals surface area contributed by atoms with Crippen LogP contribution in [0.1, 0.15) is 32.4 Å². The summed E-state index contributed by atoms with van der Waals surface area (Å²) in [5.41, 5.74) is 0.670. The van der Waals surface area contributed by atoms with E-state index in [0.29, 0.717) is 5.02 Å². The molecule has 2 rings (SSSR count). The van der Waals surface area contributed by atoms with E-state index in [4.69, 9.17) is 11.6 Å². The number of sulfonamides is 1. The monoisotopic (exact) mass is 397 g/mol. The second-order valence-corrected chi connectivity index (χ2v) is 8.22. The van der Waals surface area contributed by atoms with E-state index in [1.165, 1.54) is 12.1 Å². The molecule has 2 aromatic rings. The van der Waals surface area contributed by atoms with Gasteiger partial charge in [0, 0.05) is 17.1 Å². The lowest BCUT2D eigenvalue weighted by Crippen LogP contribution is -2.30. The first-order valence-electron chi connectivity index (χ1n) is 7.93. The molecule has 0 saturated carbocycles. The van der Waals surface area contributed by atoms with Crippen molar-refractivity contribution in [2.45, 2.75) is 37.8 Å². The summed E-state index contributed by atoms with van der Waals surface area (Å²) in [4.78, 5) is 10.7. The Hall–Kier alpha value is -2.16. The molecule has 1 atom stereocenters. The van der Waals surface area contributed by atoms with E-state index in [2.05, 4.69) is 10.0 Å². The van der Waals surface area contributed by atoms with Crippen LogP contribution >= 0.6 is 11.6 Å². The summed E-state index contributed by atoms with van der Waals surface area (Å²) in [6.45, 7) is 5.16. The van der Waals surface area contributed by atoms with Crippen molar-refractivity contribution in [2.24, 2.45) is 0 Å². The van der Waals surface area contributed by atoms with Crippen LogP contribution < -0.4 is 10.0 Å². The van der Waals surface area contributed by atoms with Gasteiger partial charge in [-0.15, -0.1) is 0 Å². The Kier molecular flexibility index (Phi) is 6.22. The van der Waals surface area contributed by atoms with Crippen LogP contribution in [0.3, 0.4) is 0 Å². The maximum absolute atomic E-state index is 12.2. The molecule has 0 fully saturated rings. The molecule has 0 heterocycles. The number of anilines is 1. The maximum atomic E-state index is 12.2. The first-order chi connectivity index (χ1) is 12.1. The number of hydrogen-bond acceptors (Lipinski definition) is 5. The number of nitro groups is 1. The van der Waals surface area contributed by atoms with Gasteiger partial charge in [0.1, 0.15) is 5.69 Å². The van der Waals surface area contributed by atoms with E-state index in [9.17, 15) is 18.5 Å². The molecular weight excluding hydrogens is 378 g/mol. The topological polar surface area (TPSA) is 101 Å². The van der Waals surface area contributed by atoms with Gasteiger partial charge in [0.05, 0.1) is 15.9 Å². The lowest BCUT2D eigenvalue weighted by Gasteiger charge is -2.17. The molecule has 0 aliphatic heterocycles. The molecule has 9 heteroatoms. The van der Waals surface area contributed by atoms with E-state index in [0.717, 1.165) is 11.6 Å². The summed E-state index contributed by atoms with van der Waals surface area (Å²) in [5.74, 6) is 0. The van der Waals surface area contributed by atoms with Gasteiger partial charge < -0.3 is 5.32 Å². The lowest BCUT2D eigenvalue weighted by molar-refractivity contribution is -0.384. The van der Waals surface area contributed by atoms with Gasteiger partial charge in [-0.05, 0) is 44.5 Å². The first kappa shape index (κ1) is 20.2. The average molecular weight is 398 g/mol. The Balaban J connectivity index is 2.38. The van der Waals surface area contributed by atoms with Crippen molar-refractivity contribution in [3.8, 4) is 0 Å². The third kappa shape index (κ3) is 4.72. The molecule has 0 spiro atoms. The highest BCUT2D eigenvalue weighted by Gasteiger charge is 2.23. The Labute approximate surface area is 157 Å². The second kappa shape index (κ2) is 8.03. The summed E-state index contributed by atoms with van der Waals surface area (Å²) in [6.07, 6.45) is 0. The number of halogens is 1. The predicted octanol–water partition coefficient (Wildman–Crippen LogP) is 4.11. The molecule has 2 N–H and O–H groups in total. The molecule has 0 aliphatic rings. The minimum Gasteiger partial charge on any atom is -0.373 e.